The van der Waals surface area contributed by atoms with Gasteiger partial charge in [-0.05, 0) is 32.4 Å². The quantitative estimate of drug-likeness (QED) is 0.604. The molecule has 1 heterocycles. The molecule has 1 unspecified atom stereocenters. The molecule has 1 aromatic heterocycles. The number of unbranched alkanes of at least 4 members (excludes halogenated alkanes) is 5. The first-order valence-electron chi connectivity index (χ1n) is 8.43. The zero-order valence-corrected chi connectivity index (χ0v) is 13.9. The molecule has 0 spiro atoms. The molecule has 1 aromatic rings. The summed E-state index contributed by atoms with van der Waals surface area (Å²) in [6, 6.07) is 2.69. The molecule has 0 aliphatic rings. The van der Waals surface area contributed by atoms with Crippen molar-refractivity contribution < 1.29 is 0 Å². The Morgan fingerprint density at radius 2 is 1.80 bits per heavy atom. The maximum Gasteiger partial charge on any atom is 0.0597 e. The third kappa shape index (κ3) is 6.08. The van der Waals surface area contributed by atoms with E-state index < -0.39 is 0 Å². The second-order valence-electron chi connectivity index (χ2n) is 5.90. The van der Waals surface area contributed by atoms with E-state index in [2.05, 4.69) is 44.3 Å². The van der Waals surface area contributed by atoms with Crippen molar-refractivity contribution in [2.75, 3.05) is 6.54 Å². The van der Waals surface area contributed by atoms with Crippen LogP contribution in [0.25, 0.3) is 0 Å². The minimum absolute atomic E-state index is 0.465. The molecule has 3 heteroatoms. The van der Waals surface area contributed by atoms with Crippen LogP contribution in [0.1, 0.15) is 82.6 Å². The lowest BCUT2D eigenvalue weighted by Crippen LogP contribution is -2.24. The lowest BCUT2D eigenvalue weighted by molar-refractivity contribution is 0.443. The van der Waals surface area contributed by atoms with E-state index in [1.165, 1.54) is 57.1 Å². The van der Waals surface area contributed by atoms with Crippen molar-refractivity contribution in [1.29, 1.82) is 0 Å². The fourth-order valence-corrected chi connectivity index (χ4v) is 2.76. The maximum absolute atomic E-state index is 4.49. The zero-order chi connectivity index (χ0) is 14.8. The van der Waals surface area contributed by atoms with Gasteiger partial charge in [0.1, 0.15) is 0 Å². The first-order chi connectivity index (χ1) is 9.69. The average Bonchev–Trinajstić information content (AvgIpc) is 2.76. The Labute approximate surface area is 125 Å². The molecule has 20 heavy (non-hydrogen) atoms. The van der Waals surface area contributed by atoms with Crippen molar-refractivity contribution in [3.8, 4) is 0 Å². The van der Waals surface area contributed by atoms with Crippen LogP contribution < -0.4 is 5.32 Å². The molecule has 1 atom stereocenters. The Hall–Kier alpha value is -0.830. The van der Waals surface area contributed by atoms with Crippen LogP contribution in [-0.4, -0.2) is 16.3 Å². The lowest BCUT2D eigenvalue weighted by Gasteiger charge is -2.18. The van der Waals surface area contributed by atoms with Crippen LogP contribution >= 0.6 is 0 Å². The molecule has 0 fully saturated rings. The SMILES string of the molecule is CCCCCCCCC(NCCC)c1cc(C)nn1C. The van der Waals surface area contributed by atoms with Crippen LogP contribution in [0.5, 0.6) is 0 Å². The predicted molar refractivity (Wildman–Crippen MR) is 87.0 cm³/mol. The van der Waals surface area contributed by atoms with Gasteiger partial charge in [0, 0.05) is 13.1 Å². The topological polar surface area (TPSA) is 29.9 Å². The van der Waals surface area contributed by atoms with Crippen molar-refractivity contribution in [2.24, 2.45) is 7.05 Å². The molecule has 1 N–H and O–H groups in total. The Morgan fingerprint density at radius 3 is 2.40 bits per heavy atom. The zero-order valence-electron chi connectivity index (χ0n) is 13.9. The molecular formula is C17H33N3. The minimum atomic E-state index is 0.465. The first-order valence-corrected chi connectivity index (χ1v) is 8.43. The molecule has 0 aromatic carbocycles. The van der Waals surface area contributed by atoms with Crippen molar-refractivity contribution in [2.45, 2.75) is 78.2 Å². The van der Waals surface area contributed by atoms with Crippen LogP contribution in [0.2, 0.25) is 0 Å². The van der Waals surface area contributed by atoms with Gasteiger partial charge in [0.15, 0.2) is 0 Å². The molecule has 0 saturated carbocycles. The fourth-order valence-electron chi connectivity index (χ4n) is 2.76. The third-order valence-electron chi connectivity index (χ3n) is 3.88. The number of hydrogen-bond donors (Lipinski definition) is 1. The van der Waals surface area contributed by atoms with Crippen LogP contribution in [0.4, 0.5) is 0 Å². The average molecular weight is 279 g/mol. The molecule has 0 saturated heterocycles. The van der Waals surface area contributed by atoms with E-state index in [9.17, 15) is 0 Å². The molecule has 0 aliphatic carbocycles. The van der Waals surface area contributed by atoms with Crippen LogP contribution in [-0.2, 0) is 7.05 Å². The van der Waals surface area contributed by atoms with E-state index in [-0.39, 0.29) is 0 Å². The summed E-state index contributed by atoms with van der Waals surface area (Å²) in [5.41, 5.74) is 2.46. The first kappa shape index (κ1) is 17.2. The lowest BCUT2D eigenvalue weighted by atomic mass is 10.0. The Bertz CT molecular complexity index is 357. The van der Waals surface area contributed by atoms with E-state index in [0.29, 0.717) is 6.04 Å². The summed E-state index contributed by atoms with van der Waals surface area (Å²) in [5, 5.41) is 8.17. The summed E-state index contributed by atoms with van der Waals surface area (Å²) in [4.78, 5) is 0. The van der Waals surface area contributed by atoms with Gasteiger partial charge in [0.2, 0.25) is 0 Å². The van der Waals surface area contributed by atoms with Crippen molar-refractivity contribution in [3.05, 3.63) is 17.5 Å². The fraction of sp³-hybridized carbons (Fsp3) is 0.824. The number of nitrogens with zero attached hydrogens (tertiary/aromatic N) is 2. The minimum Gasteiger partial charge on any atom is -0.309 e. The highest BCUT2D eigenvalue weighted by atomic mass is 15.3. The number of aromatic nitrogens is 2. The standard InChI is InChI=1S/C17H33N3/c1-5-7-8-9-10-11-12-16(18-13-6-2)17-14-15(3)19-20(17)4/h14,16,18H,5-13H2,1-4H3. The second-order valence-corrected chi connectivity index (χ2v) is 5.90. The highest BCUT2D eigenvalue weighted by Gasteiger charge is 2.14. The van der Waals surface area contributed by atoms with Gasteiger partial charge in [0.25, 0.3) is 0 Å². The molecular weight excluding hydrogens is 246 g/mol. The number of rotatable bonds is 11. The van der Waals surface area contributed by atoms with E-state index >= 15 is 0 Å². The predicted octanol–water partition coefficient (Wildman–Crippen LogP) is 4.52. The van der Waals surface area contributed by atoms with Gasteiger partial charge in [-0.3, -0.25) is 4.68 Å². The normalized spacial score (nSPS) is 12.8. The summed E-state index contributed by atoms with van der Waals surface area (Å²) < 4.78 is 2.04. The number of aryl methyl sites for hydroxylation is 2. The van der Waals surface area contributed by atoms with Crippen LogP contribution in [0, 0.1) is 6.92 Å². The van der Waals surface area contributed by atoms with E-state index in [4.69, 9.17) is 0 Å². The van der Waals surface area contributed by atoms with Crippen molar-refractivity contribution >= 4 is 0 Å². The summed E-state index contributed by atoms with van der Waals surface area (Å²) in [6.07, 6.45) is 10.6. The van der Waals surface area contributed by atoms with Crippen molar-refractivity contribution in [3.63, 3.8) is 0 Å². The van der Waals surface area contributed by atoms with E-state index in [1.807, 2.05) is 4.68 Å². The maximum atomic E-state index is 4.49. The molecule has 1 rings (SSSR count). The summed E-state index contributed by atoms with van der Waals surface area (Å²) >= 11 is 0. The third-order valence-corrected chi connectivity index (χ3v) is 3.88. The summed E-state index contributed by atoms with van der Waals surface area (Å²) in [5.74, 6) is 0. The molecule has 3 nitrogen and oxygen atoms in total. The Morgan fingerprint density at radius 1 is 1.10 bits per heavy atom. The van der Waals surface area contributed by atoms with Gasteiger partial charge in [-0.2, -0.15) is 5.10 Å². The molecule has 0 radical (unpaired) electrons. The molecule has 0 amide bonds. The van der Waals surface area contributed by atoms with Gasteiger partial charge in [-0.1, -0.05) is 52.4 Å². The van der Waals surface area contributed by atoms with Crippen LogP contribution in [0.15, 0.2) is 6.07 Å². The molecule has 0 bridgehead atoms. The second kappa shape index (κ2) is 9.98. The van der Waals surface area contributed by atoms with Gasteiger partial charge in [0.05, 0.1) is 11.4 Å². The van der Waals surface area contributed by atoms with Gasteiger partial charge < -0.3 is 5.32 Å². The Kier molecular flexibility index (Phi) is 8.59. The number of nitrogens with one attached hydrogen (secondary N) is 1. The van der Waals surface area contributed by atoms with E-state index in [0.717, 1.165) is 12.2 Å². The van der Waals surface area contributed by atoms with Gasteiger partial charge in [-0.15, -0.1) is 0 Å². The smallest absolute Gasteiger partial charge is 0.0597 e. The highest BCUT2D eigenvalue weighted by molar-refractivity contribution is 5.13. The Balaban J connectivity index is 2.42. The summed E-state index contributed by atoms with van der Waals surface area (Å²) in [6.45, 7) is 7.66. The van der Waals surface area contributed by atoms with E-state index in [1.54, 1.807) is 0 Å². The van der Waals surface area contributed by atoms with Crippen molar-refractivity contribution in [1.82, 2.24) is 15.1 Å². The monoisotopic (exact) mass is 279 g/mol. The van der Waals surface area contributed by atoms with Gasteiger partial charge in [-0.25, -0.2) is 0 Å². The molecule has 0 aliphatic heterocycles. The van der Waals surface area contributed by atoms with Crippen LogP contribution in [0.3, 0.4) is 0 Å². The highest BCUT2D eigenvalue weighted by Crippen LogP contribution is 2.21. The number of hydrogen-bond acceptors (Lipinski definition) is 2. The van der Waals surface area contributed by atoms with Gasteiger partial charge >= 0.3 is 0 Å². The largest absolute Gasteiger partial charge is 0.309 e. The molecule has 116 valence electrons. The summed E-state index contributed by atoms with van der Waals surface area (Å²) in [7, 11) is 2.06.